The van der Waals surface area contributed by atoms with Crippen LogP contribution in [0.1, 0.15) is 70.2 Å². The molecule has 4 N–H and O–H groups in total. The molecular weight excluding hydrogens is 528 g/mol. The number of halogens is 1. The quantitative estimate of drug-likeness (QED) is 0.318. The number of nitrogens with one attached hydrogen (secondary N) is 3. The first-order valence-electron chi connectivity index (χ1n) is 13.0. The average Bonchev–Trinajstić information content (AvgIpc) is 3.47. The highest BCUT2D eigenvalue weighted by atomic mass is 35.5. The third-order valence-corrected chi connectivity index (χ3v) is 7.51. The van der Waals surface area contributed by atoms with E-state index in [-0.39, 0.29) is 34.9 Å². The van der Waals surface area contributed by atoms with Gasteiger partial charge < -0.3 is 30.8 Å². The fourth-order valence-corrected chi connectivity index (χ4v) is 5.53. The molecule has 5 atom stereocenters. The van der Waals surface area contributed by atoms with Gasteiger partial charge in [0.15, 0.2) is 0 Å². The van der Waals surface area contributed by atoms with Crippen LogP contribution in [0.2, 0.25) is 5.02 Å². The third kappa shape index (κ3) is 6.95. The number of likely N-dealkylation sites (tertiary alicyclic amines) is 1. The maximum Gasteiger partial charge on any atom is 0.305 e. The van der Waals surface area contributed by atoms with E-state index in [9.17, 15) is 28.8 Å². The Kier molecular flexibility index (Phi) is 9.37. The lowest BCUT2D eigenvalue weighted by atomic mass is 9.84. The standard InChI is InChI=1S/C27H35ClN4O7/c1-5-20(34)29-15-7-9-18(19(28)11-15)24(37)31-23(27(2,3)4)26(39)32-17-8-6-14(10-17)22(32)25(38)30-16(13-33)12-21(35)36/h7,9,11,13-14,16-17,22-23H,5-6,8,10,12H2,1-4H3,(H,29,34)(H,30,38)(H,31,37)(H,35,36)/t14-,16?,17+,22?,23+/m0/s1. The van der Waals surface area contributed by atoms with Crippen LogP contribution in [0.3, 0.4) is 0 Å². The molecule has 2 aliphatic rings. The van der Waals surface area contributed by atoms with E-state index in [0.717, 1.165) is 6.42 Å². The lowest BCUT2D eigenvalue weighted by Gasteiger charge is -2.40. The zero-order valence-corrected chi connectivity index (χ0v) is 23.2. The summed E-state index contributed by atoms with van der Waals surface area (Å²) in [7, 11) is 0. The minimum Gasteiger partial charge on any atom is -0.481 e. The Morgan fingerprint density at radius 2 is 1.85 bits per heavy atom. The van der Waals surface area contributed by atoms with E-state index in [2.05, 4.69) is 16.0 Å². The molecule has 1 aromatic rings. The zero-order chi connectivity index (χ0) is 29.1. The van der Waals surface area contributed by atoms with Crippen LogP contribution in [0.4, 0.5) is 5.69 Å². The average molecular weight is 563 g/mol. The number of carboxylic acids is 1. The zero-order valence-electron chi connectivity index (χ0n) is 22.5. The molecule has 1 aromatic carbocycles. The Labute approximate surface area is 232 Å². The Morgan fingerprint density at radius 1 is 1.15 bits per heavy atom. The smallest absolute Gasteiger partial charge is 0.305 e. The molecular formula is C27H35ClN4O7. The van der Waals surface area contributed by atoms with Gasteiger partial charge in [0.25, 0.3) is 5.91 Å². The van der Waals surface area contributed by atoms with E-state index < -0.39 is 53.7 Å². The van der Waals surface area contributed by atoms with Gasteiger partial charge in [0.1, 0.15) is 18.4 Å². The first-order valence-corrected chi connectivity index (χ1v) is 13.3. The van der Waals surface area contributed by atoms with E-state index in [4.69, 9.17) is 16.7 Å². The van der Waals surface area contributed by atoms with Crippen LogP contribution < -0.4 is 16.0 Å². The highest BCUT2D eigenvalue weighted by Gasteiger charge is 2.53. The number of amides is 4. The Hall–Kier alpha value is -3.47. The van der Waals surface area contributed by atoms with Crippen molar-refractivity contribution >= 4 is 53.2 Å². The highest BCUT2D eigenvalue weighted by molar-refractivity contribution is 6.34. The molecule has 0 spiro atoms. The Bertz CT molecular complexity index is 1170. The SMILES string of the molecule is CCC(=O)Nc1ccc(C(=O)N[C@H](C(=O)N2C(C(=O)NC(C=O)CC(=O)O)[C@H]3CC[C@@H]2C3)C(C)(C)C)c(Cl)c1. The summed E-state index contributed by atoms with van der Waals surface area (Å²) in [6.07, 6.45) is 2.12. The first-order chi connectivity index (χ1) is 18.3. The van der Waals surface area contributed by atoms with Crippen molar-refractivity contribution in [2.24, 2.45) is 11.3 Å². The van der Waals surface area contributed by atoms with Gasteiger partial charge in [0, 0.05) is 18.2 Å². The molecule has 0 radical (unpaired) electrons. The van der Waals surface area contributed by atoms with Gasteiger partial charge in [0.05, 0.1) is 23.0 Å². The summed E-state index contributed by atoms with van der Waals surface area (Å²) < 4.78 is 0. The van der Waals surface area contributed by atoms with Crippen molar-refractivity contribution in [3.05, 3.63) is 28.8 Å². The Balaban J connectivity index is 1.83. The molecule has 1 saturated carbocycles. The molecule has 39 heavy (non-hydrogen) atoms. The molecule has 11 nitrogen and oxygen atoms in total. The second kappa shape index (κ2) is 12.1. The second-order valence-electron chi connectivity index (χ2n) is 11.1. The number of carbonyl (C=O) groups excluding carboxylic acids is 5. The summed E-state index contributed by atoms with van der Waals surface area (Å²) in [4.78, 5) is 76.0. The molecule has 2 fully saturated rings. The number of aldehydes is 1. The molecule has 4 amide bonds. The number of hydrogen-bond acceptors (Lipinski definition) is 6. The Morgan fingerprint density at radius 3 is 2.41 bits per heavy atom. The third-order valence-electron chi connectivity index (χ3n) is 7.20. The molecule has 0 aromatic heterocycles. The molecule has 212 valence electrons. The van der Waals surface area contributed by atoms with Crippen molar-refractivity contribution in [1.29, 1.82) is 0 Å². The van der Waals surface area contributed by atoms with Crippen molar-refractivity contribution in [3.8, 4) is 0 Å². The van der Waals surface area contributed by atoms with Crippen LogP contribution in [0, 0.1) is 11.3 Å². The minimum absolute atomic E-state index is 0.0948. The lowest BCUT2D eigenvalue weighted by molar-refractivity contribution is -0.147. The van der Waals surface area contributed by atoms with Gasteiger partial charge in [-0.25, -0.2) is 0 Å². The number of aliphatic carboxylic acids is 1. The number of hydrogen-bond donors (Lipinski definition) is 4. The summed E-state index contributed by atoms with van der Waals surface area (Å²) in [5.74, 6) is -3.18. The molecule has 2 unspecified atom stereocenters. The lowest BCUT2D eigenvalue weighted by Crippen LogP contribution is -2.61. The van der Waals surface area contributed by atoms with Gasteiger partial charge in [-0.2, -0.15) is 0 Å². The number of fused-ring (bicyclic) bond motifs is 2. The van der Waals surface area contributed by atoms with Gasteiger partial charge in [0.2, 0.25) is 17.7 Å². The summed E-state index contributed by atoms with van der Waals surface area (Å²) in [5.41, 5.74) is -0.190. The summed E-state index contributed by atoms with van der Waals surface area (Å²) in [6, 6.07) is 1.15. The van der Waals surface area contributed by atoms with Crippen molar-refractivity contribution in [2.75, 3.05) is 5.32 Å². The number of carboxylic acid groups (broad SMARTS) is 1. The predicted molar refractivity (Wildman–Crippen MR) is 143 cm³/mol. The molecule has 1 saturated heterocycles. The van der Waals surface area contributed by atoms with Crippen LogP contribution in [0.25, 0.3) is 0 Å². The highest BCUT2D eigenvalue weighted by Crippen LogP contribution is 2.43. The van der Waals surface area contributed by atoms with Gasteiger partial charge in [-0.05, 0) is 48.8 Å². The van der Waals surface area contributed by atoms with Crippen LogP contribution in [0.15, 0.2) is 18.2 Å². The van der Waals surface area contributed by atoms with Crippen LogP contribution >= 0.6 is 11.6 Å². The summed E-state index contributed by atoms with van der Waals surface area (Å²) >= 11 is 6.34. The van der Waals surface area contributed by atoms with Crippen molar-refractivity contribution in [3.63, 3.8) is 0 Å². The van der Waals surface area contributed by atoms with Crippen molar-refractivity contribution in [2.45, 2.75) is 84.0 Å². The number of carbonyl (C=O) groups is 6. The number of rotatable bonds is 10. The largest absolute Gasteiger partial charge is 0.481 e. The van der Waals surface area contributed by atoms with Crippen LogP contribution in [-0.4, -0.2) is 70.1 Å². The van der Waals surface area contributed by atoms with E-state index in [1.165, 1.54) is 17.0 Å². The van der Waals surface area contributed by atoms with Crippen molar-refractivity contribution < 1.29 is 33.9 Å². The van der Waals surface area contributed by atoms with Gasteiger partial charge in [-0.1, -0.05) is 39.3 Å². The minimum atomic E-state index is -1.23. The molecule has 12 heteroatoms. The van der Waals surface area contributed by atoms with Gasteiger partial charge in [-0.3, -0.25) is 24.0 Å². The fraction of sp³-hybridized carbons (Fsp3) is 0.556. The second-order valence-corrected chi connectivity index (χ2v) is 11.5. The number of nitrogens with zero attached hydrogens (tertiary/aromatic N) is 1. The molecule has 1 heterocycles. The van der Waals surface area contributed by atoms with Gasteiger partial charge in [-0.15, -0.1) is 0 Å². The first kappa shape index (κ1) is 30.1. The number of piperidine rings is 1. The van der Waals surface area contributed by atoms with Crippen molar-refractivity contribution in [1.82, 2.24) is 15.5 Å². The molecule has 2 bridgehead atoms. The molecule has 1 aliphatic carbocycles. The normalized spacial score (nSPS) is 21.6. The number of benzene rings is 1. The summed E-state index contributed by atoms with van der Waals surface area (Å²) in [6.45, 7) is 7.08. The van der Waals surface area contributed by atoms with E-state index in [1.807, 2.05) is 0 Å². The molecule has 1 aliphatic heterocycles. The monoisotopic (exact) mass is 562 g/mol. The fourth-order valence-electron chi connectivity index (χ4n) is 5.27. The maximum absolute atomic E-state index is 14.0. The van der Waals surface area contributed by atoms with E-state index in [1.54, 1.807) is 33.8 Å². The van der Waals surface area contributed by atoms with E-state index in [0.29, 0.717) is 24.8 Å². The molecule has 3 rings (SSSR count). The van der Waals surface area contributed by atoms with E-state index >= 15 is 0 Å². The topological polar surface area (TPSA) is 162 Å². The summed E-state index contributed by atoms with van der Waals surface area (Å²) in [5, 5.41) is 17.0. The van der Waals surface area contributed by atoms with Crippen LogP contribution in [-0.2, 0) is 24.0 Å². The van der Waals surface area contributed by atoms with Crippen LogP contribution in [0.5, 0.6) is 0 Å². The predicted octanol–water partition coefficient (Wildman–Crippen LogP) is 2.37. The number of anilines is 1. The maximum atomic E-state index is 14.0. The van der Waals surface area contributed by atoms with Gasteiger partial charge >= 0.3 is 5.97 Å².